The van der Waals surface area contributed by atoms with Crippen molar-refractivity contribution >= 4 is 55.4 Å². The van der Waals surface area contributed by atoms with Gasteiger partial charge in [-0.05, 0) is 69.5 Å². The molecule has 1 heterocycles. The van der Waals surface area contributed by atoms with Gasteiger partial charge in [0.25, 0.3) is 0 Å². The Bertz CT molecular complexity index is 351. The van der Waals surface area contributed by atoms with Crippen molar-refractivity contribution < 1.29 is 12.7 Å². The quantitative estimate of drug-likeness (QED) is 0.371. The summed E-state index contributed by atoms with van der Waals surface area (Å²) >= 11 is 5.97. The fraction of sp³-hybridized carbons (Fsp3) is 1.00. The van der Waals surface area contributed by atoms with E-state index in [1.54, 1.807) is 0 Å². The van der Waals surface area contributed by atoms with Crippen LogP contribution in [0.25, 0.3) is 0 Å². The Morgan fingerprint density at radius 2 is 1.91 bits per heavy atom. The molecule has 1 aliphatic rings. The van der Waals surface area contributed by atoms with Gasteiger partial charge in [-0.15, -0.1) is 11.6 Å². The van der Waals surface area contributed by atoms with E-state index in [1.165, 1.54) is 31.0 Å². The first-order valence-electron chi connectivity index (χ1n) is 8.70. The van der Waals surface area contributed by atoms with Crippen LogP contribution in [-0.2, 0) is 12.7 Å². The van der Waals surface area contributed by atoms with Crippen LogP contribution in [0.1, 0.15) is 12.8 Å². The molecule has 23 heavy (non-hydrogen) atoms. The number of alkyl halides is 1. The van der Waals surface area contributed by atoms with E-state index in [1.807, 2.05) is 0 Å². The largest absolute Gasteiger partial charge is 0.456 e. The van der Waals surface area contributed by atoms with E-state index < -0.39 is 34.0 Å². The lowest BCUT2D eigenvalue weighted by Gasteiger charge is -2.33. The first-order valence-corrected chi connectivity index (χ1v) is 21.5. The van der Waals surface area contributed by atoms with Crippen molar-refractivity contribution in [3.05, 3.63) is 0 Å². The van der Waals surface area contributed by atoms with E-state index in [-0.39, 0.29) is 0 Å². The third-order valence-corrected chi connectivity index (χ3v) is 22.2. The molecule has 1 aliphatic heterocycles. The topological polar surface area (TPSA) is 27.7 Å². The summed E-state index contributed by atoms with van der Waals surface area (Å²) in [7, 11) is -4.77. The highest BCUT2D eigenvalue weighted by Gasteiger charge is 2.33. The number of halogens is 1. The molecule has 3 radical (unpaired) electrons. The van der Waals surface area contributed by atoms with E-state index in [0.717, 1.165) is 12.3 Å². The summed E-state index contributed by atoms with van der Waals surface area (Å²) in [5.74, 6) is 0. The van der Waals surface area contributed by atoms with Crippen LogP contribution in [0.2, 0.25) is 63.1 Å². The first kappa shape index (κ1) is 22.3. The maximum absolute atomic E-state index is 6.54. The molecule has 1 saturated heterocycles. The van der Waals surface area contributed by atoms with E-state index in [9.17, 15) is 0 Å². The molecule has 0 aromatic heterocycles. The van der Waals surface area contributed by atoms with Gasteiger partial charge in [-0.25, -0.2) is 0 Å². The zero-order chi connectivity index (χ0) is 17.6. The zero-order valence-electron chi connectivity index (χ0n) is 15.8. The van der Waals surface area contributed by atoms with Gasteiger partial charge in [0, 0.05) is 12.1 Å². The van der Waals surface area contributed by atoms with Gasteiger partial charge in [-0.2, -0.15) is 0 Å². The van der Waals surface area contributed by atoms with Crippen molar-refractivity contribution in [1.82, 2.24) is 0 Å². The second-order valence-electron chi connectivity index (χ2n) is 8.14. The molecule has 1 rings (SSSR count). The van der Waals surface area contributed by atoms with Crippen LogP contribution >= 0.6 is 11.6 Å². The second-order valence-corrected chi connectivity index (χ2v) is 25.7. The minimum atomic E-state index is -1.62. The van der Waals surface area contributed by atoms with Gasteiger partial charge in [0.1, 0.15) is 0 Å². The summed E-state index contributed by atoms with van der Waals surface area (Å²) in [6.07, 6.45) is 2.63. The third-order valence-electron chi connectivity index (χ3n) is 4.18. The summed E-state index contributed by atoms with van der Waals surface area (Å²) in [6.45, 7) is 14.8. The summed E-state index contributed by atoms with van der Waals surface area (Å²) in [5, 5.41) is 0. The maximum Gasteiger partial charge on any atom is 0.214 e. The van der Waals surface area contributed by atoms with Crippen molar-refractivity contribution in [3.8, 4) is 0 Å². The molecule has 3 nitrogen and oxygen atoms in total. The lowest BCUT2D eigenvalue weighted by atomic mass is 10.4. The number of hydrogen-bond acceptors (Lipinski definition) is 3. The number of hydrogen-bond donors (Lipinski definition) is 0. The fourth-order valence-electron chi connectivity index (χ4n) is 2.62. The predicted octanol–water partition coefficient (Wildman–Crippen LogP) is 4.79. The Morgan fingerprint density at radius 3 is 2.48 bits per heavy atom. The van der Waals surface area contributed by atoms with Crippen molar-refractivity contribution in [2.45, 2.75) is 75.9 Å². The molecule has 0 bridgehead atoms. The van der Waals surface area contributed by atoms with Crippen molar-refractivity contribution in [3.63, 3.8) is 0 Å². The molecule has 0 spiro atoms. The van der Waals surface area contributed by atoms with Crippen molar-refractivity contribution in [2.75, 3.05) is 12.1 Å². The molecule has 0 aliphatic carbocycles. The van der Waals surface area contributed by atoms with Crippen LogP contribution in [-0.4, -0.2) is 55.9 Å². The molecule has 1 unspecified atom stereocenters. The van der Waals surface area contributed by atoms with Gasteiger partial charge in [0.05, 0.1) is 0 Å². The average molecular weight is 426 g/mol. The van der Waals surface area contributed by atoms with Crippen LogP contribution in [0.5, 0.6) is 0 Å². The predicted molar refractivity (Wildman–Crippen MR) is 111 cm³/mol. The molecule has 0 aromatic rings. The summed E-state index contributed by atoms with van der Waals surface area (Å²) in [4.78, 5) is 0. The molecule has 135 valence electrons. The molecular weight excluding hydrogens is 392 g/mol. The first-order chi connectivity index (χ1) is 10.6. The van der Waals surface area contributed by atoms with Crippen LogP contribution in [0, 0.1) is 0 Å². The standard InChI is InChI=1S/C14H34ClO3Si5/c1-20(10-12-23(6)11-8-7-9-16-23)18-22(4,5)14-19-17-21(2,3)13-15/h7-14H2,1-6H3. The lowest BCUT2D eigenvalue weighted by molar-refractivity contribution is 0.271. The van der Waals surface area contributed by atoms with E-state index in [0.29, 0.717) is 15.3 Å². The maximum atomic E-state index is 6.54. The summed E-state index contributed by atoms with van der Waals surface area (Å²) in [5.41, 5.74) is 1.78. The highest BCUT2D eigenvalue weighted by atomic mass is 35.5. The molecule has 1 atom stereocenters. The highest BCUT2D eigenvalue weighted by molar-refractivity contribution is 6.86. The fourth-order valence-corrected chi connectivity index (χ4v) is 18.0. The van der Waals surface area contributed by atoms with Gasteiger partial charge in [-0.1, -0.05) is 6.42 Å². The third kappa shape index (κ3) is 9.50. The smallest absolute Gasteiger partial charge is 0.214 e. The minimum Gasteiger partial charge on any atom is -0.456 e. The average Bonchev–Trinajstić information content (AvgIpc) is 2.45. The van der Waals surface area contributed by atoms with Gasteiger partial charge >= 0.3 is 0 Å². The SMILES string of the molecule is C[Si](CC[Si]1(C)CCCCO1)O[Si](C)(C)C[Si]O[Si](C)(C)CCl. The van der Waals surface area contributed by atoms with Gasteiger partial charge in [0.15, 0.2) is 34.0 Å². The summed E-state index contributed by atoms with van der Waals surface area (Å²) < 4.78 is 18.7. The Kier molecular flexibility index (Phi) is 9.51. The van der Waals surface area contributed by atoms with E-state index >= 15 is 0 Å². The molecular formula is C14H34ClO3Si5. The normalized spacial score (nSPS) is 23.5. The van der Waals surface area contributed by atoms with Gasteiger partial charge in [-0.3, -0.25) is 0 Å². The van der Waals surface area contributed by atoms with Crippen LogP contribution in [0.15, 0.2) is 0 Å². The van der Waals surface area contributed by atoms with Crippen molar-refractivity contribution in [2.24, 2.45) is 0 Å². The lowest BCUT2D eigenvalue weighted by Crippen LogP contribution is -2.43. The molecule has 0 saturated carbocycles. The molecule has 9 heteroatoms. The molecule has 0 N–H and O–H groups in total. The Balaban J connectivity index is 2.29. The highest BCUT2D eigenvalue weighted by Crippen LogP contribution is 2.28. The second kappa shape index (κ2) is 9.82. The zero-order valence-corrected chi connectivity index (χ0v) is 21.5. The molecule has 0 aromatic carbocycles. The monoisotopic (exact) mass is 425 g/mol. The Hall–Kier alpha value is 1.25. The van der Waals surface area contributed by atoms with E-state index in [4.69, 9.17) is 24.3 Å². The van der Waals surface area contributed by atoms with Crippen LogP contribution < -0.4 is 0 Å². The Labute approximate surface area is 155 Å². The van der Waals surface area contributed by atoms with Crippen molar-refractivity contribution in [1.29, 1.82) is 0 Å². The summed E-state index contributed by atoms with van der Waals surface area (Å²) in [6, 6.07) is 3.87. The molecule has 1 fully saturated rings. The van der Waals surface area contributed by atoms with Gasteiger partial charge < -0.3 is 12.7 Å². The number of rotatable bonds is 10. The van der Waals surface area contributed by atoms with Crippen LogP contribution in [0.4, 0.5) is 0 Å². The molecule has 0 amide bonds. The minimum absolute atomic E-state index is 0.556. The van der Waals surface area contributed by atoms with E-state index in [2.05, 4.69) is 39.3 Å². The van der Waals surface area contributed by atoms with Crippen LogP contribution in [0.3, 0.4) is 0 Å². The van der Waals surface area contributed by atoms with Gasteiger partial charge in [0.2, 0.25) is 9.76 Å². The Morgan fingerprint density at radius 1 is 1.22 bits per heavy atom.